The van der Waals surface area contributed by atoms with E-state index in [1.54, 1.807) is 4.90 Å². The SMILES string of the molecule is CC(C)C1CCN(C(=O)C(CCC(=O)O)NC(=O)OCC2c3ccccc3-c3ccccc32)C1. The summed E-state index contributed by atoms with van der Waals surface area (Å²) in [5.41, 5.74) is 4.48. The van der Waals surface area contributed by atoms with Crippen LogP contribution in [-0.2, 0) is 14.3 Å². The third kappa shape index (κ3) is 5.08. The van der Waals surface area contributed by atoms with E-state index in [0.29, 0.717) is 24.9 Å². The van der Waals surface area contributed by atoms with Gasteiger partial charge in [-0.25, -0.2) is 4.79 Å². The van der Waals surface area contributed by atoms with E-state index < -0.39 is 18.1 Å². The van der Waals surface area contributed by atoms with Gasteiger partial charge in [-0.15, -0.1) is 0 Å². The summed E-state index contributed by atoms with van der Waals surface area (Å²) >= 11 is 0. The van der Waals surface area contributed by atoms with Crippen LogP contribution in [0.2, 0.25) is 0 Å². The number of nitrogens with zero attached hydrogens (tertiary/aromatic N) is 1. The number of carboxylic acids is 1. The Bertz CT molecular complexity index is 1020. The second-order valence-electron chi connectivity index (χ2n) is 9.53. The molecule has 1 saturated heterocycles. The highest BCUT2D eigenvalue weighted by atomic mass is 16.5. The lowest BCUT2D eigenvalue weighted by Crippen LogP contribution is -2.48. The summed E-state index contributed by atoms with van der Waals surface area (Å²) in [5.74, 6) is -0.452. The smallest absolute Gasteiger partial charge is 0.407 e. The minimum absolute atomic E-state index is 0.0290. The minimum atomic E-state index is -1.01. The largest absolute Gasteiger partial charge is 0.481 e. The van der Waals surface area contributed by atoms with Crippen LogP contribution in [0.4, 0.5) is 4.79 Å². The van der Waals surface area contributed by atoms with Crippen LogP contribution in [0.25, 0.3) is 11.1 Å². The maximum atomic E-state index is 13.1. The maximum Gasteiger partial charge on any atom is 0.407 e. The Hall–Kier alpha value is -3.35. The zero-order valence-electron chi connectivity index (χ0n) is 19.7. The van der Waals surface area contributed by atoms with Crippen LogP contribution in [0.5, 0.6) is 0 Å². The quantitative estimate of drug-likeness (QED) is 0.609. The summed E-state index contributed by atoms with van der Waals surface area (Å²) in [5, 5.41) is 11.8. The van der Waals surface area contributed by atoms with E-state index in [1.165, 1.54) is 0 Å². The molecule has 34 heavy (non-hydrogen) atoms. The van der Waals surface area contributed by atoms with Crippen LogP contribution >= 0.6 is 0 Å². The molecule has 7 nitrogen and oxygen atoms in total. The van der Waals surface area contributed by atoms with Crippen molar-refractivity contribution in [2.24, 2.45) is 11.8 Å². The van der Waals surface area contributed by atoms with Crippen molar-refractivity contribution in [3.8, 4) is 11.1 Å². The molecule has 4 rings (SSSR count). The number of carbonyl (C=O) groups is 3. The van der Waals surface area contributed by atoms with Crippen LogP contribution in [0.15, 0.2) is 48.5 Å². The molecule has 2 atom stereocenters. The van der Waals surface area contributed by atoms with Gasteiger partial charge in [-0.2, -0.15) is 0 Å². The molecule has 1 aliphatic heterocycles. The Balaban J connectivity index is 1.41. The molecule has 2 amide bonds. The number of rotatable bonds is 8. The molecule has 1 aliphatic carbocycles. The van der Waals surface area contributed by atoms with Crippen LogP contribution in [0.3, 0.4) is 0 Å². The molecule has 0 bridgehead atoms. The van der Waals surface area contributed by atoms with Gasteiger partial charge in [-0.3, -0.25) is 9.59 Å². The average molecular weight is 465 g/mol. The predicted octanol–water partition coefficient (Wildman–Crippen LogP) is 4.26. The van der Waals surface area contributed by atoms with E-state index in [1.807, 2.05) is 36.4 Å². The second kappa shape index (κ2) is 10.3. The number of alkyl carbamates (subject to hydrolysis) is 1. The summed E-state index contributed by atoms with van der Waals surface area (Å²) < 4.78 is 5.58. The lowest BCUT2D eigenvalue weighted by atomic mass is 9.95. The van der Waals surface area contributed by atoms with Gasteiger partial charge in [0.15, 0.2) is 0 Å². The summed E-state index contributed by atoms with van der Waals surface area (Å²) in [6, 6.07) is 15.2. The van der Waals surface area contributed by atoms with Crippen molar-refractivity contribution in [1.29, 1.82) is 0 Å². The van der Waals surface area contributed by atoms with Crippen LogP contribution in [0.1, 0.15) is 50.2 Å². The molecule has 2 N–H and O–H groups in total. The molecule has 2 aromatic rings. The zero-order valence-corrected chi connectivity index (χ0v) is 19.7. The van der Waals surface area contributed by atoms with Gasteiger partial charge in [0, 0.05) is 25.4 Å². The molecule has 0 spiro atoms. The van der Waals surface area contributed by atoms with Crippen molar-refractivity contribution in [2.45, 2.75) is 45.1 Å². The summed E-state index contributed by atoms with van der Waals surface area (Å²) in [6.45, 7) is 5.66. The number of ether oxygens (including phenoxy) is 1. The predicted molar refractivity (Wildman–Crippen MR) is 128 cm³/mol. The van der Waals surface area contributed by atoms with Gasteiger partial charge in [0.25, 0.3) is 0 Å². The van der Waals surface area contributed by atoms with Crippen LogP contribution in [0, 0.1) is 11.8 Å². The topological polar surface area (TPSA) is 95.9 Å². The summed E-state index contributed by atoms with van der Waals surface area (Å²) in [4.78, 5) is 38.7. The summed E-state index contributed by atoms with van der Waals surface area (Å²) in [7, 11) is 0. The first-order chi connectivity index (χ1) is 16.3. The van der Waals surface area contributed by atoms with E-state index in [0.717, 1.165) is 28.7 Å². The fourth-order valence-electron chi connectivity index (χ4n) is 5.06. The third-order valence-electron chi connectivity index (χ3n) is 7.06. The maximum absolute atomic E-state index is 13.1. The molecule has 0 radical (unpaired) electrons. The van der Waals surface area contributed by atoms with E-state index in [4.69, 9.17) is 9.84 Å². The monoisotopic (exact) mass is 464 g/mol. The highest BCUT2D eigenvalue weighted by Crippen LogP contribution is 2.44. The van der Waals surface area contributed by atoms with E-state index in [2.05, 4.69) is 31.3 Å². The second-order valence-corrected chi connectivity index (χ2v) is 9.53. The highest BCUT2D eigenvalue weighted by Gasteiger charge is 2.34. The molecule has 180 valence electrons. The van der Waals surface area contributed by atoms with Gasteiger partial charge >= 0.3 is 12.1 Å². The van der Waals surface area contributed by atoms with Crippen molar-refractivity contribution in [3.05, 3.63) is 59.7 Å². The van der Waals surface area contributed by atoms with Crippen molar-refractivity contribution < 1.29 is 24.2 Å². The molecule has 2 unspecified atom stereocenters. The standard InChI is InChI=1S/C27H32N2O5/c1-17(2)18-13-14-29(15-18)26(32)24(11-12-25(30)31)28-27(33)34-16-23-21-9-5-3-7-19(21)20-8-4-6-10-22(20)23/h3-10,17-18,23-24H,11-16H2,1-2H3,(H,28,33)(H,30,31). The first-order valence-corrected chi connectivity index (χ1v) is 12.0. The first-order valence-electron chi connectivity index (χ1n) is 12.0. The third-order valence-corrected chi connectivity index (χ3v) is 7.06. The Morgan fingerprint density at radius 1 is 1.06 bits per heavy atom. The van der Waals surface area contributed by atoms with Gasteiger partial charge in [0.05, 0.1) is 0 Å². The van der Waals surface area contributed by atoms with E-state index >= 15 is 0 Å². The number of amides is 2. The first kappa shape index (κ1) is 23.8. The van der Waals surface area contributed by atoms with Gasteiger partial charge in [-0.05, 0) is 46.9 Å². The van der Waals surface area contributed by atoms with Crippen molar-refractivity contribution in [1.82, 2.24) is 10.2 Å². The number of benzene rings is 2. The molecule has 1 heterocycles. The van der Waals surface area contributed by atoms with Gasteiger partial charge in [0.1, 0.15) is 12.6 Å². The molecule has 2 aromatic carbocycles. The number of carboxylic acid groups (broad SMARTS) is 1. The fourth-order valence-corrected chi connectivity index (χ4v) is 5.06. The van der Waals surface area contributed by atoms with Crippen molar-refractivity contribution in [3.63, 3.8) is 0 Å². The number of fused-ring (bicyclic) bond motifs is 3. The molecule has 2 aliphatic rings. The number of hydrogen-bond donors (Lipinski definition) is 2. The minimum Gasteiger partial charge on any atom is -0.481 e. The van der Waals surface area contributed by atoms with E-state index in [-0.39, 0.29) is 31.3 Å². The van der Waals surface area contributed by atoms with Crippen molar-refractivity contribution >= 4 is 18.0 Å². The van der Waals surface area contributed by atoms with Gasteiger partial charge in [0.2, 0.25) is 5.91 Å². The number of likely N-dealkylation sites (tertiary alicyclic amines) is 1. The van der Waals surface area contributed by atoms with Gasteiger partial charge < -0.3 is 20.1 Å². The number of carbonyl (C=O) groups excluding carboxylic acids is 2. The molecule has 0 aromatic heterocycles. The Morgan fingerprint density at radius 2 is 1.68 bits per heavy atom. The lowest BCUT2D eigenvalue weighted by molar-refractivity contribution is -0.137. The molecule has 0 saturated carbocycles. The van der Waals surface area contributed by atoms with Gasteiger partial charge in [-0.1, -0.05) is 62.4 Å². The van der Waals surface area contributed by atoms with Crippen LogP contribution < -0.4 is 5.32 Å². The van der Waals surface area contributed by atoms with Crippen molar-refractivity contribution in [2.75, 3.05) is 19.7 Å². The van der Waals surface area contributed by atoms with Crippen LogP contribution in [-0.4, -0.2) is 53.7 Å². The Morgan fingerprint density at radius 3 is 2.24 bits per heavy atom. The highest BCUT2D eigenvalue weighted by molar-refractivity contribution is 5.86. The number of aliphatic carboxylic acids is 1. The normalized spacial score (nSPS) is 17.9. The average Bonchev–Trinajstić information content (AvgIpc) is 3.44. The van der Waals surface area contributed by atoms with E-state index in [9.17, 15) is 14.4 Å². The number of hydrogen-bond acceptors (Lipinski definition) is 4. The number of nitrogens with one attached hydrogen (secondary N) is 1. The molecule has 7 heteroatoms. The molecule has 1 fully saturated rings. The fraction of sp³-hybridized carbons (Fsp3) is 0.444. The zero-order chi connectivity index (χ0) is 24.2. The molecular formula is C27H32N2O5. The molecular weight excluding hydrogens is 432 g/mol. The lowest BCUT2D eigenvalue weighted by Gasteiger charge is -2.25. The Labute approximate surface area is 200 Å². The summed E-state index contributed by atoms with van der Waals surface area (Å²) in [6.07, 6.45) is 0.0353. The Kier molecular flexibility index (Phi) is 7.20.